The molecule has 1 aromatic carbocycles. The molecule has 1 aromatic rings. The van der Waals surface area contributed by atoms with E-state index in [0.717, 1.165) is 22.9 Å². The van der Waals surface area contributed by atoms with Gasteiger partial charge >= 0.3 is 6.18 Å². The zero-order valence-electron chi connectivity index (χ0n) is 11.6. The molecule has 21 heavy (non-hydrogen) atoms. The van der Waals surface area contributed by atoms with Crippen LogP contribution in [0.25, 0.3) is 0 Å². The van der Waals surface area contributed by atoms with Crippen LogP contribution in [0.2, 0.25) is 0 Å². The molecule has 0 amide bonds. The van der Waals surface area contributed by atoms with Crippen molar-refractivity contribution in [3.63, 3.8) is 0 Å². The Bertz CT molecular complexity index is 453. The lowest BCUT2D eigenvalue weighted by molar-refractivity contribution is -0.188. The van der Waals surface area contributed by atoms with Crippen molar-refractivity contribution in [2.75, 3.05) is 6.61 Å². The highest BCUT2D eigenvalue weighted by molar-refractivity contribution is 9.10. The number of benzene rings is 1. The summed E-state index contributed by atoms with van der Waals surface area (Å²) in [5.74, 6) is 0. The fraction of sp³-hybridized carbons (Fsp3) is 0.600. The molecule has 1 N–H and O–H groups in total. The summed E-state index contributed by atoms with van der Waals surface area (Å²) in [5.41, 5.74) is 1.15. The second-order valence-corrected chi connectivity index (χ2v) is 6.24. The van der Waals surface area contributed by atoms with Crippen LogP contribution in [0.5, 0.6) is 0 Å². The molecule has 0 saturated heterocycles. The van der Waals surface area contributed by atoms with E-state index in [1.165, 1.54) is 0 Å². The average Bonchev–Trinajstić information content (AvgIpc) is 2.44. The van der Waals surface area contributed by atoms with E-state index in [0.29, 0.717) is 19.4 Å². The lowest BCUT2D eigenvalue weighted by Crippen LogP contribution is -2.37. The predicted octanol–water partition coefficient (Wildman–Crippen LogP) is 4.43. The number of ether oxygens (including phenoxy) is 1. The minimum Gasteiger partial charge on any atom is -0.369 e. The van der Waals surface area contributed by atoms with Crippen LogP contribution in [0.15, 0.2) is 28.7 Å². The van der Waals surface area contributed by atoms with Crippen molar-refractivity contribution in [2.45, 2.75) is 50.6 Å². The van der Waals surface area contributed by atoms with Crippen molar-refractivity contribution >= 4 is 15.9 Å². The van der Waals surface area contributed by atoms with E-state index in [-0.39, 0.29) is 12.1 Å². The van der Waals surface area contributed by atoms with Crippen LogP contribution in [0, 0.1) is 0 Å². The Kier molecular flexibility index (Phi) is 6.08. The van der Waals surface area contributed by atoms with Gasteiger partial charge in [-0.3, -0.25) is 0 Å². The van der Waals surface area contributed by atoms with Gasteiger partial charge in [-0.2, -0.15) is 13.2 Å². The first-order chi connectivity index (χ1) is 9.94. The number of halogens is 4. The average molecular weight is 366 g/mol. The Hall–Kier alpha value is -0.590. The Balaban J connectivity index is 1.78. The third kappa shape index (κ3) is 5.96. The molecule has 1 fully saturated rings. The third-order valence-electron chi connectivity index (χ3n) is 3.65. The van der Waals surface area contributed by atoms with Crippen LogP contribution in [-0.2, 0) is 11.3 Å². The van der Waals surface area contributed by atoms with E-state index in [2.05, 4.69) is 21.2 Å². The second kappa shape index (κ2) is 7.61. The third-order valence-corrected chi connectivity index (χ3v) is 4.42. The number of nitrogens with one attached hydrogen (secondary N) is 1. The first-order valence-electron chi connectivity index (χ1n) is 7.09. The van der Waals surface area contributed by atoms with Crippen molar-refractivity contribution in [1.29, 1.82) is 0 Å². The maximum absolute atomic E-state index is 12.2. The van der Waals surface area contributed by atoms with Gasteiger partial charge in [-0.25, -0.2) is 0 Å². The van der Waals surface area contributed by atoms with Crippen molar-refractivity contribution in [3.05, 3.63) is 34.3 Å². The maximum atomic E-state index is 12.2. The van der Waals surface area contributed by atoms with Gasteiger partial charge < -0.3 is 10.1 Å². The Morgan fingerprint density at radius 3 is 2.71 bits per heavy atom. The van der Waals surface area contributed by atoms with Gasteiger partial charge in [0.05, 0.1) is 6.10 Å². The second-order valence-electron chi connectivity index (χ2n) is 5.38. The van der Waals surface area contributed by atoms with Gasteiger partial charge in [0.2, 0.25) is 0 Å². The zero-order valence-corrected chi connectivity index (χ0v) is 13.2. The summed E-state index contributed by atoms with van der Waals surface area (Å²) < 4.78 is 42.5. The minimum atomic E-state index is -4.24. The molecule has 2 nitrogen and oxygen atoms in total. The molecule has 1 aliphatic carbocycles. The highest BCUT2D eigenvalue weighted by Crippen LogP contribution is 2.25. The number of hydrogen-bond donors (Lipinski definition) is 1. The lowest BCUT2D eigenvalue weighted by Gasteiger charge is -2.30. The largest absolute Gasteiger partial charge is 0.411 e. The fourth-order valence-electron chi connectivity index (χ4n) is 2.59. The van der Waals surface area contributed by atoms with E-state index in [9.17, 15) is 13.2 Å². The number of hydrogen-bond acceptors (Lipinski definition) is 2. The molecule has 2 unspecified atom stereocenters. The molecule has 0 aliphatic heterocycles. The van der Waals surface area contributed by atoms with Gasteiger partial charge in [-0.15, -0.1) is 0 Å². The van der Waals surface area contributed by atoms with Crippen molar-refractivity contribution < 1.29 is 17.9 Å². The molecule has 1 saturated carbocycles. The van der Waals surface area contributed by atoms with Crippen LogP contribution in [0.4, 0.5) is 13.2 Å². The van der Waals surface area contributed by atoms with Crippen molar-refractivity contribution in [1.82, 2.24) is 5.32 Å². The standard InChI is InChI=1S/C15H19BrF3NO/c16-14-7-2-1-4-11(14)9-20-12-5-3-6-13(8-12)21-10-15(17,18)19/h1-2,4,7,12-13,20H,3,5-6,8-10H2. The van der Waals surface area contributed by atoms with E-state index < -0.39 is 12.8 Å². The maximum Gasteiger partial charge on any atom is 0.411 e. The van der Waals surface area contributed by atoms with E-state index >= 15 is 0 Å². The normalized spacial score (nSPS) is 23.2. The number of rotatable bonds is 5. The molecule has 0 bridgehead atoms. The van der Waals surface area contributed by atoms with E-state index in [4.69, 9.17) is 4.74 Å². The topological polar surface area (TPSA) is 21.3 Å². The molecule has 6 heteroatoms. The van der Waals surface area contributed by atoms with Gasteiger partial charge in [0, 0.05) is 17.1 Å². The molecule has 2 rings (SSSR count). The first kappa shape index (κ1) is 16.8. The van der Waals surface area contributed by atoms with Crippen LogP contribution in [-0.4, -0.2) is 24.9 Å². The molecular weight excluding hydrogens is 347 g/mol. The van der Waals surface area contributed by atoms with Gasteiger partial charge in [-0.05, 0) is 37.3 Å². The molecule has 0 aromatic heterocycles. The summed E-state index contributed by atoms with van der Waals surface area (Å²) in [6, 6.07) is 8.14. The van der Waals surface area contributed by atoms with Crippen LogP contribution < -0.4 is 5.32 Å². The first-order valence-corrected chi connectivity index (χ1v) is 7.88. The molecule has 0 radical (unpaired) electrons. The van der Waals surface area contributed by atoms with Crippen LogP contribution in [0.3, 0.4) is 0 Å². The van der Waals surface area contributed by atoms with E-state index in [1.807, 2.05) is 24.3 Å². The molecule has 1 aliphatic rings. The van der Waals surface area contributed by atoms with Crippen molar-refractivity contribution in [2.24, 2.45) is 0 Å². The smallest absolute Gasteiger partial charge is 0.369 e. The summed E-state index contributed by atoms with van der Waals surface area (Å²) in [5, 5.41) is 3.41. The van der Waals surface area contributed by atoms with Gasteiger partial charge in [0.1, 0.15) is 6.61 Å². The van der Waals surface area contributed by atoms with Crippen LogP contribution >= 0.6 is 15.9 Å². The predicted molar refractivity (Wildman–Crippen MR) is 79.0 cm³/mol. The highest BCUT2D eigenvalue weighted by Gasteiger charge is 2.31. The molecule has 2 atom stereocenters. The SMILES string of the molecule is FC(F)(F)COC1CCCC(NCc2ccccc2Br)C1. The zero-order chi connectivity index (χ0) is 15.3. The molecular formula is C15H19BrF3NO. The Labute approximate surface area is 131 Å². The van der Waals surface area contributed by atoms with Gasteiger partial charge in [-0.1, -0.05) is 34.1 Å². The summed E-state index contributed by atoms with van der Waals surface area (Å²) in [4.78, 5) is 0. The Morgan fingerprint density at radius 2 is 2.00 bits per heavy atom. The molecule has 118 valence electrons. The van der Waals surface area contributed by atoms with Crippen molar-refractivity contribution in [3.8, 4) is 0 Å². The number of alkyl halides is 3. The Morgan fingerprint density at radius 1 is 1.24 bits per heavy atom. The lowest BCUT2D eigenvalue weighted by atomic mass is 9.92. The summed E-state index contributed by atoms with van der Waals surface area (Å²) >= 11 is 3.49. The quantitative estimate of drug-likeness (QED) is 0.833. The summed E-state index contributed by atoms with van der Waals surface area (Å²) in [6.45, 7) is -0.438. The summed E-state index contributed by atoms with van der Waals surface area (Å²) in [6.07, 6.45) is -1.30. The molecule has 0 spiro atoms. The monoisotopic (exact) mass is 365 g/mol. The highest BCUT2D eigenvalue weighted by atomic mass is 79.9. The fourth-order valence-corrected chi connectivity index (χ4v) is 3.02. The van der Waals surface area contributed by atoms with Gasteiger partial charge in [0.25, 0.3) is 0 Å². The van der Waals surface area contributed by atoms with Gasteiger partial charge in [0.15, 0.2) is 0 Å². The molecule has 0 heterocycles. The van der Waals surface area contributed by atoms with E-state index in [1.54, 1.807) is 0 Å². The minimum absolute atomic E-state index is 0.212. The van der Waals surface area contributed by atoms with Crippen LogP contribution in [0.1, 0.15) is 31.2 Å². The summed E-state index contributed by atoms with van der Waals surface area (Å²) in [7, 11) is 0.